The van der Waals surface area contributed by atoms with Gasteiger partial charge in [0.05, 0.1) is 12.8 Å². The van der Waals surface area contributed by atoms with Crippen molar-refractivity contribution in [1.82, 2.24) is 4.98 Å². The highest BCUT2D eigenvalue weighted by Gasteiger charge is 2.31. The van der Waals surface area contributed by atoms with E-state index in [2.05, 4.69) is 28.5 Å². The number of esters is 1. The minimum Gasteiger partial charge on any atom is -0.464 e. The molecule has 1 heterocycles. The van der Waals surface area contributed by atoms with Gasteiger partial charge in [0.25, 0.3) is 0 Å². The first-order chi connectivity index (χ1) is 14.6. The lowest BCUT2D eigenvalue weighted by atomic mass is 9.78. The molecule has 2 aromatic carbocycles. The molecule has 1 amide bonds. The Hall–Kier alpha value is -3.41. The third kappa shape index (κ3) is 3.99. The second kappa shape index (κ2) is 8.53. The van der Waals surface area contributed by atoms with Gasteiger partial charge in [-0.15, -0.1) is 0 Å². The Balaban J connectivity index is 1.63. The molecule has 0 bridgehead atoms. The van der Waals surface area contributed by atoms with Crippen molar-refractivity contribution in [3.05, 3.63) is 77.8 Å². The molecule has 0 aliphatic heterocycles. The fourth-order valence-electron chi connectivity index (χ4n) is 4.10. The number of allylic oxidation sites excluding steroid dienone is 2. The van der Waals surface area contributed by atoms with Crippen LogP contribution in [0.2, 0.25) is 0 Å². The summed E-state index contributed by atoms with van der Waals surface area (Å²) in [6.07, 6.45) is 6.34. The van der Waals surface area contributed by atoms with E-state index in [0.717, 1.165) is 12.8 Å². The number of carbonyl (C=O) groups is 2. The van der Waals surface area contributed by atoms with Crippen LogP contribution >= 0.6 is 0 Å². The first kappa shape index (κ1) is 19.9. The van der Waals surface area contributed by atoms with Gasteiger partial charge in [-0.2, -0.15) is 0 Å². The van der Waals surface area contributed by atoms with Crippen LogP contribution in [0.25, 0.3) is 10.9 Å². The highest BCUT2D eigenvalue weighted by atomic mass is 19.1. The Morgan fingerprint density at radius 1 is 1.13 bits per heavy atom. The first-order valence-corrected chi connectivity index (χ1v) is 9.96. The highest BCUT2D eigenvalue weighted by Crippen LogP contribution is 2.33. The van der Waals surface area contributed by atoms with E-state index in [-0.39, 0.29) is 29.1 Å². The molecule has 0 spiro atoms. The maximum absolute atomic E-state index is 13.9. The number of rotatable bonds is 5. The second-order valence-corrected chi connectivity index (χ2v) is 7.54. The van der Waals surface area contributed by atoms with Crippen molar-refractivity contribution >= 4 is 28.5 Å². The molecule has 0 radical (unpaired) electrons. The molecule has 1 aliphatic carbocycles. The molecular weight excluding hydrogens is 383 g/mol. The molecule has 30 heavy (non-hydrogen) atoms. The molecule has 0 fully saturated rings. The molecular formula is C24H23FN2O3. The average Bonchev–Trinajstić information content (AvgIpc) is 3.11. The summed E-state index contributed by atoms with van der Waals surface area (Å²) in [6.45, 7) is 0. The summed E-state index contributed by atoms with van der Waals surface area (Å²) in [5, 5.41) is 3.33. The van der Waals surface area contributed by atoms with Crippen LogP contribution in [0.15, 0.2) is 60.7 Å². The molecule has 0 unspecified atom stereocenters. The van der Waals surface area contributed by atoms with E-state index in [9.17, 15) is 14.0 Å². The number of methoxy groups -OCH3 is 1. The van der Waals surface area contributed by atoms with Crippen molar-refractivity contribution in [3.63, 3.8) is 0 Å². The van der Waals surface area contributed by atoms with Gasteiger partial charge in [-0.25, -0.2) is 9.18 Å². The Kier molecular flexibility index (Phi) is 5.65. The summed E-state index contributed by atoms with van der Waals surface area (Å²) in [5.74, 6) is -1.36. The largest absolute Gasteiger partial charge is 0.464 e. The number of fused-ring (bicyclic) bond motifs is 1. The van der Waals surface area contributed by atoms with Gasteiger partial charge in [-0.3, -0.25) is 4.79 Å². The van der Waals surface area contributed by atoms with Gasteiger partial charge in [0, 0.05) is 16.8 Å². The summed E-state index contributed by atoms with van der Waals surface area (Å²) < 4.78 is 18.7. The number of benzene rings is 2. The Morgan fingerprint density at radius 3 is 2.67 bits per heavy atom. The smallest absolute Gasteiger partial charge is 0.356 e. The number of aromatic amines is 1. The summed E-state index contributed by atoms with van der Waals surface area (Å²) in [5.41, 5.74) is 2.10. The Labute approximate surface area is 173 Å². The van der Waals surface area contributed by atoms with Crippen molar-refractivity contribution in [1.29, 1.82) is 0 Å². The number of hydrogen-bond acceptors (Lipinski definition) is 3. The number of amides is 1. The van der Waals surface area contributed by atoms with Crippen LogP contribution in [0, 0.1) is 17.7 Å². The SMILES string of the molecule is COC(=O)c1[nH]c2ccc(F)cc2c1NC(=O)[C@@H]1CC=CC[C@H]1Cc1ccccc1. The Bertz CT molecular complexity index is 1100. The van der Waals surface area contributed by atoms with Crippen LogP contribution in [0.5, 0.6) is 0 Å². The van der Waals surface area contributed by atoms with Gasteiger partial charge in [-0.1, -0.05) is 42.5 Å². The van der Waals surface area contributed by atoms with Crippen LogP contribution < -0.4 is 5.32 Å². The standard InChI is InChI=1S/C24H23FN2O3/c1-30-24(29)22-21(19-14-17(25)11-12-20(19)26-22)27-23(28)18-10-6-5-9-16(18)13-15-7-3-2-4-8-15/h2-8,11-12,14,16,18,26H,9-10,13H2,1H3,(H,27,28)/t16-,18+/m0/s1. The number of anilines is 1. The maximum atomic E-state index is 13.9. The van der Waals surface area contributed by atoms with Gasteiger partial charge in [0.1, 0.15) is 11.5 Å². The number of halogens is 1. The molecule has 1 aromatic heterocycles. The van der Waals surface area contributed by atoms with Gasteiger partial charge < -0.3 is 15.0 Å². The number of H-pyrrole nitrogens is 1. The predicted molar refractivity (Wildman–Crippen MR) is 114 cm³/mol. The van der Waals surface area contributed by atoms with Crippen molar-refractivity contribution in [3.8, 4) is 0 Å². The minimum atomic E-state index is -0.619. The fraction of sp³-hybridized carbons (Fsp3) is 0.250. The van der Waals surface area contributed by atoms with Crippen LogP contribution in [-0.4, -0.2) is 24.0 Å². The normalized spacial score (nSPS) is 18.3. The van der Waals surface area contributed by atoms with Gasteiger partial charge in [-0.05, 0) is 48.9 Å². The van der Waals surface area contributed by atoms with E-state index in [1.807, 2.05) is 24.3 Å². The predicted octanol–water partition coefficient (Wildman–Crippen LogP) is 4.86. The molecule has 3 aromatic rings. The van der Waals surface area contributed by atoms with Gasteiger partial charge in [0.2, 0.25) is 5.91 Å². The number of aromatic nitrogens is 1. The molecule has 4 rings (SSSR count). The van der Waals surface area contributed by atoms with Crippen LogP contribution in [-0.2, 0) is 16.0 Å². The first-order valence-electron chi connectivity index (χ1n) is 9.96. The van der Waals surface area contributed by atoms with Gasteiger partial charge in [0.15, 0.2) is 0 Å². The quantitative estimate of drug-likeness (QED) is 0.470. The van der Waals surface area contributed by atoms with Crippen molar-refractivity contribution in [2.45, 2.75) is 19.3 Å². The summed E-state index contributed by atoms with van der Waals surface area (Å²) >= 11 is 0. The third-order valence-corrected chi connectivity index (χ3v) is 5.64. The van der Waals surface area contributed by atoms with Crippen LogP contribution in [0.1, 0.15) is 28.9 Å². The van der Waals surface area contributed by atoms with E-state index in [1.54, 1.807) is 0 Å². The Morgan fingerprint density at radius 2 is 1.90 bits per heavy atom. The summed E-state index contributed by atoms with van der Waals surface area (Å²) in [4.78, 5) is 28.4. The van der Waals surface area contributed by atoms with Crippen LogP contribution in [0.4, 0.5) is 10.1 Å². The zero-order valence-corrected chi connectivity index (χ0v) is 16.7. The zero-order chi connectivity index (χ0) is 21.1. The zero-order valence-electron chi connectivity index (χ0n) is 16.7. The number of hydrogen-bond donors (Lipinski definition) is 2. The minimum absolute atomic E-state index is 0.109. The molecule has 5 nitrogen and oxygen atoms in total. The third-order valence-electron chi connectivity index (χ3n) is 5.64. The van der Waals surface area contributed by atoms with Crippen molar-refractivity contribution in [2.75, 3.05) is 12.4 Å². The van der Waals surface area contributed by atoms with Crippen molar-refractivity contribution < 1.29 is 18.7 Å². The van der Waals surface area contributed by atoms with E-state index in [4.69, 9.17) is 4.74 Å². The second-order valence-electron chi connectivity index (χ2n) is 7.54. The maximum Gasteiger partial charge on any atom is 0.356 e. The molecule has 2 atom stereocenters. The molecule has 154 valence electrons. The van der Waals surface area contributed by atoms with E-state index in [1.165, 1.54) is 30.9 Å². The van der Waals surface area contributed by atoms with E-state index < -0.39 is 11.8 Å². The lowest BCUT2D eigenvalue weighted by Gasteiger charge is -2.27. The summed E-state index contributed by atoms with van der Waals surface area (Å²) in [7, 11) is 1.27. The topological polar surface area (TPSA) is 71.2 Å². The van der Waals surface area contributed by atoms with Crippen LogP contribution in [0.3, 0.4) is 0 Å². The highest BCUT2D eigenvalue weighted by molar-refractivity contribution is 6.11. The fourth-order valence-corrected chi connectivity index (χ4v) is 4.10. The molecule has 6 heteroatoms. The lowest BCUT2D eigenvalue weighted by molar-refractivity contribution is -0.121. The summed E-state index contributed by atoms with van der Waals surface area (Å²) in [6, 6.07) is 14.2. The average molecular weight is 406 g/mol. The number of ether oxygens (including phenoxy) is 1. The van der Waals surface area contributed by atoms with E-state index >= 15 is 0 Å². The van der Waals surface area contributed by atoms with Crippen molar-refractivity contribution in [2.24, 2.45) is 11.8 Å². The molecule has 0 saturated heterocycles. The monoisotopic (exact) mass is 406 g/mol. The van der Waals surface area contributed by atoms with E-state index in [0.29, 0.717) is 17.3 Å². The number of nitrogens with one attached hydrogen (secondary N) is 2. The molecule has 1 aliphatic rings. The van der Waals surface area contributed by atoms with Gasteiger partial charge >= 0.3 is 5.97 Å². The number of carbonyl (C=O) groups excluding carboxylic acids is 2. The lowest BCUT2D eigenvalue weighted by Crippen LogP contribution is -2.32. The molecule has 2 N–H and O–H groups in total. The molecule has 0 saturated carbocycles.